The van der Waals surface area contributed by atoms with E-state index >= 15 is 0 Å². The van der Waals surface area contributed by atoms with Crippen LogP contribution < -0.4 is 9.47 Å². The van der Waals surface area contributed by atoms with E-state index in [1.54, 1.807) is 6.92 Å². The lowest BCUT2D eigenvalue weighted by Gasteiger charge is -2.19. The van der Waals surface area contributed by atoms with Gasteiger partial charge in [0.05, 0.1) is 5.41 Å². The van der Waals surface area contributed by atoms with Gasteiger partial charge in [-0.15, -0.1) is 8.78 Å². The van der Waals surface area contributed by atoms with Gasteiger partial charge in [0.1, 0.15) is 0 Å². The van der Waals surface area contributed by atoms with Crippen molar-refractivity contribution in [2.45, 2.75) is 31.5 Å². The first-order chi connectivity index (χ1) is 8.32. The van der Waals surface area contributed by atoms with Gasteiger partial charge in [0.2, 0.25) is 0 Å². The minimum atomic E-state index is -3.67. The summed E-state index contributed by atoms with van der Waals surface area (Å²) in [6, 6.07) is 2.80. The molecule has 4 nitrogen and oxygen atoms in total. The highest BCUT2D eigenvalue weighted by atomic mass is 19.3. The Morgan fingerprint density at radius 1 is 1.33 bits per heavy atom. The number of alkyl halides is 2. The zero-order valence-electron chi connectivity index (χ0n) is 9.50. The Hall–Kier alpha value is -1.85. The van der Waals surface area contributed by atoms with Gasteiger partial charge in [-0.05, 0) is 43.0 Å². The van der Waals surface area contributed by atoms with Crippen LogP contribution >= 0.6 is 0 Å². The van der Waals surface area contributed by atoms with E-state index in [2.05, 4.69) is 9.47 Å². The van der Waals surface area contributed by atoms with E-state index in [1.807, 2.05) is 0 Å². The second-order valence-corrected chi connectivity index (χ2v) is 4.76. The maximum absolute atomic E-state index is 12.9. The molecular formula is C12H10F2O4. The second kappa shape index (κ2) is 3.13. The lowest BCUT2D eigenvalue weighted by atomic mass is 9.84. The molecule has 0 saturated carbocycles. The first-order valence-electron chi connectivity index (χ1n) is 5.48. The molecule has 0 aromatic heterocycles. The highest BCUT2D eigenvalue weighted by Gasteiger charge is 2.47. The average molecular weight is 256 g/mol. The summed E-state index contributed by atoms with van der Waals surface area (Å²) in [5.74, 6) is -1.10. The van der Waals surface area contributed by atoms with Crippen molar-refractivity contribution in [2.24, 2.45) is 0 Å². The maximum Gasteiger partial charge on any atom is 0.586 e. The number of benzene rings is 1. The van der Waals surface area contributed by atoms with Crippen molar-refractivity contribution in [3.05, 3.63) is 23.3 Å². The molecule has 0 bridgehead atoms. The molecule has 0 fully saturated rings. The molecule has 0 unspecified atom stereocenters. The van der Waals surface area contributed by atoms with E-state index in [9.17, 15) is 18.7 Å². The largest absolute Gasteiger partial charge is 0.586 e. The van der Waals surface area contributed by atoms with E-state index in [-0.39, 0.29) is 11.5 Å². The minimum absolute atomic E-state index is 0.0339. The molecule has 1 heterocycles. The summed E-state index contributed by atoms with van der Waals surface area (Å²) in [6.45, 7) is 1.58. The number of rotatable bonds is 1. The summed E-state index contributed by atoms with van der Waals surface area (Å²) in [5.41, 5.74) is 0.195. The summed E-state index contributed by atoms with van der Waals surface area (Å²) in [4.78, 5) is 11.3. The molecule has 0 radical (unpaired) electrons. The van der Waals surface area contributed by atoms with Crippen LogP contribution in [-0.2, 0) is 16.6 Å². The summed E-state index contributed by atoms with van der Waals surface area (Å²) in [5, 5.41) is 9.25. The topological polar surface area (TPSA) is 55.8 Å². The van der Waals surface area contributed by atoms with E-state index in [4.69, 9.17) is 0 Å². The SMILES string of the molecule is C[C@]1(C(=O)O)CCc2cc3c(cc21)OC(F)(F)O3. The van der Waals surface area contributed by atoms with Crippen LogP contribution in [0.4, 0.5) is 8.78 Å². The van der Waals surface area contributed by atoms with Crippen molar-refractivity contribution < 1.29 is 28.2 Å². The number of carbonyl (C=O) groups is 1. The predicted octanol–water partition coefficient (Wildman–Crippen LogP) is 2.30. The van der Waals surface area contributed by atoms with Crippen molar-refractivity contribution in [2.75, 3.05) is 0 Å². The Labute approximate surface area is 101 Å². The smallest absolute Gasteiger partial charge is 0.481 e. The fourth-order valence-electron chi connectivity index (χ4n) is 2.50. The first kappa shape index (κ1) is 11.3. The van der Waals surface area contributed by atoms with Gasteiger partial charge < -0.3 is 14.6 Å². The number of fused-ring (bicyclic) bond motifs is 2. The molecular weight excluding hydrogens is 246 g/mol. The lowest BCUT2D eigenvalue weighted by Crippen LogP contribution is -2.29. The van der Waals surface area contributed by atoms with E-state index in [0.29, 0.717) is 18.4 Å². The molecule has 1 aliphatic carbocycles. The van der Waals surface area contributed by atoms with Gasteiger partial charge in [0.15, 0.2) is 11.5 Å². The molecule has 1 aliphatic heterocycles. The van der Waals surface area contributed by atoms with Gasteiger partial charge in [-0.1, -0.05) is 0 Å². The third kappa shape index (κ3) is 1.38. The molecule has 0 amide bonds. The number of halogens is 2. The number of ether oxygens (including phenoxy) is 2. The monoisotopic (exact) mass is 256 g/mol. The highest BCUT2D eigenvalue weighted by Crippen LogP contribution is 2.48. The molecule has 1 N–H and O–H groups in total. The van der Waals surface area contributed by atoms with Gasteiger partial charge in [-0.2, -0.15) is 0 Å². The van der Waals surface area contributed by atoms with Crippen LogP contribution in [0.5, 0.6) is 11.5 Å². The van der Waals surface area contributed by atoms with Crippen LogP contribution in [0, 0.1) is 0 Å². The van der Waals surface area contributed by atoms with Crippen LogP contribution in [0.1, 0.15) is 24.5 Å². The first-order valence-corrected chi connectivity index (χ1v) is 5.48. The van der Waals surface area contributed by atoms with Gasteiger partial charge in [0.25, 0.3) is 0 Å². The van der Waals surface area contributed by atoms with Crippen molar-refractivity contribution >= 4 is 5.97 Å². The number of aryl methyl sites for hydroxylation is 1. The molecule has 3 rings (SSSR count). The zero-order valence-corrected chi connectivity index (χ0v) is 9.50. The van der Waals surface area contributed by atoms with Crippen LogP contribution in [0.15, 0.2) is 12.1 Å². The fraction of sp³-hybridized carbons (Fsp3) is 0.417. The number of hydrogen-bond donors (Lipinski definition) is 1. The van der Waals surface area contributed by atoms with Crippen molar-refractivity contribution in [1.82, 2.24) is 0 Å². The van der Waals surface area contributed by atoms with Crippen LogP contribution in [-0.4, -0.2) is 17.4 Å². The second-order valence-electron chi connectivity index (χ2n) is 4.76. The minimum Gasteiger partial charge on any atom is -0.481 e. The molecule has 1 atom stereocenters. The fourth-order valence-corrected chi connectivity index (χ4v) is 2.50. The van der Waals surface area contributed by atoms with Crippen LogP contribution in [0.25, 0.3) is 0 Å². The number of hydrogen-bond acceptors (Lipinski definition) is 3. The molecule has 1 aromatic rings. The quantitative estimate of drug-likeness (QED) is 0.837. The molecule has 0 spiro atoms. The number of aliphatic carboxylic acids is 1. The Kier molecular flexibility index (Phi) is 1.95. The third-order valence-electron chi connectivity index (χ3n) is 3.59. The van der Waals surface area contributed by atoms with E-state index in [1.165, 1.54) is 12.1 Å². The maximum atomic E-state index is 12.9. The Morgan fingerprint density at radius 2 is 1.94 bits per heavy atom. The third-order valence-corrected chi connectivity index (χ3v) is 3.59. The normalized spacial score (nSPS) is 27.1. The summed E-state index contributed by atoms with van der Waals surface area (Å²) in [6.07, 6.45) is -2.70. The standard InChI is InChI=1S/C12H10F2O4/c1-11(10(15)16)3-2-6-4-8-9(5-7(6)11)18-12(13,14)17-8/h4-5H,2-3H2,1H3,(H,15,16)/t11-/m0/s1. The number of carboxylic acid groups (broad SMARTS) is 1. The molecule has 0 saturated heterocycles. The lowest BCUT2D eigenvalue weighted by molar-refractivity contribution is -0.286. The Morgan fingerprint density at radius 3 is 2.56 bits per heavy atom. The molecule has 6 heteroatoms. The van der Waals surface area contributed by atoms with Gasteiger partial charge >= 0.3 is 12.3 Å². The van der Waals surface area contributed by atoms with E-state index < -0.39 is 17.7 Å². The van der Waals surface area contributed by atoms with Crippen molar-refractivity contribution in [3.8, 4) is 11.5 Å². The van der Waals surface area contributed by atoms with E-state index in [0.717, 1.165) is 5.56 Å². The summed E-state index contributed by atoms with van der Waals surface area (Å²) >= 11 is 0. The summed E-state index contributed by atoms with van der Waals surface area (Å²) < 4.78 is 34.5. The average Bonchev–Trinajstić information content (AvgIpc) is 2.72. The highest BCUT2D eigenvalue weighted by molar-refractivity contribution is 5.83. The van der Waals surface area contributed by atoms with Crippen LogP contribution in [0.2, 0.25) is 0 Å². The molecule has 96 valence electrons. The van der Waals surface area contributed by atoms with Crippen molar-refractivity contribution in [1.29, 1.82) is 0 Å². The van der Waals surface area contributed by atoms with Gasteiger partial charge in [-0.3, -0.25) is 4.79 Å². The van der Waals surface area contributed by atoms with Gasteiger partial charge in [0, 0.05) is 0 Å². The van der Waals surface area contributed by atoms with Gasteiger partial charge in [-0.25, -0.2) is 0 Å². The number of carboxylic acids is 1. The Bertz CT molecular complexity index is 555. The Balaban J connectivity index is 2.11. The zero-order chi connectivity index (χ0) is 13.1. The van der Waals surface area contributed by atoms with Crippen molar-refractivity contribution in [3.63, 3.8) is 0 Å². The molecule has 18 heavy (non-hydrogen) atoms. The molecule has 2 aliphatic rings. The predicted molar refractivity (Wildman–Crippen MR) is 56.0 cm³/mol. The summed E-state index contributed by atoms with van der Waals surface area (Å²) in [7, 11) is 0. The van der Waals surface area contributed by atoms with Crippen LogP contribution in [0.3, 0.4) is 0 Å². The molecule has 1 aromatic carbocycles.